The Hall–Kier alpha value is -2.49. The van der Waals surface area contributed by atoms with Gasteiger partial charge in [-0.1, -0.05) is 30.3 Å². The van der Waals surface area contributed by atoms with Crippen molar-refractivity contribution < 1.29 is 9.59 Å². The van der Waals surface area contributed by atoms with Gasteiger partial charge in [0.2, 0.25) is 5.91 Å². The van der Waals surface area contributed by atoms with Crippen LogP contribution in [0.15, 0.2) is 54.9 Å². The van der Waals surface area contributed by atoms with Gasteiger partial charge in [-0.15, -0.1) is 0 Å². The maximum atomic E-state index is 11.8. The third kappa shape index (κ3) is 5.18. The van der Waals surface area contributed by atoms with Crippen molar-refractivity contribution in [2.45, 2.75) is 19.3 Å². The van der Waals surface area contributed by atoms with E-state index >= 15 is 0 Å². The zero-order valence-corrected chi connectivity index (χ0v) is 11.8. The molecule has 1 N–H and O–H groups in total. The van der Waals surface area contributed by atoms with Gasteiger partial charge in [0.15, 0.2) is 5.78 Å². The summed E-state index contributed by atoms with van der Waals surface area (Å²) in [5.74, 6) is -0.149. The van der Waals surface area contributed by atoms with Crippen molar-refractivity contribution in [3.05, 3.63) is 66.0 Å². The first-order valence-electron chi connectivity index (χ1n) is 6.99. The normalized spacial score (nSPS) is 10.1. The molecule has 0 fully saturated rings. The number of amides is 1. The largest absolute Gasteiger partial charge is 0.356 e. The summed E-state index contributed by atoms with van der Waals surface area (Å²) in [6.45, 7) is 0.587. The molecule has 0 spiro atoms. The molecule has 0 aliphatic carbocycles. The number of ketones is 1. The molecule has 2 rings (SSSR count). The maximum absolute atomic E-state index is 11.8. The molecule has 1 heterocycles. The molecule has 1 aromatic heterocycles. The summed E-state index contributed by atoms with van der Waals surface area (Å²) >= 11 is 0. The van der Waals surface area contributed by atoms with E-state index in [1.807, 2.05) is 30.3 Å². The summed E-state index contributed by atoms with van der Waals surface area (Å²) in [6.07, 6.45) is 4.36. The van der Waals surface area contributed by atoms with E-state index in [-0.39, 0.29) is 24.5 Å². The van der Waals surface area contributed by atoms with E-state index in [2.05, 4.69) is 10.3 Å². The Labute approximate surface area is 124 Å². The molecule has 21 heavy (non-hydrogen) atoms. The average Bonchev–Trinajstić information content (AvgIpc) is 2.54. The number of aromatic nitrogens is 1. The molecule has 0 aliphatic rings. The SMILES string of the molecule is O=C(CCC(=O)c1cccnc1)NCCc1ccccc1. The highest BCUT2D eigenvalue weighted by atomic mass is 16.2. The number of nitrogens with zero attached hydrogens (tertiary/aromatic N) is 1. The van der Waals surface area contributed by atoms with Gasteiger partial charge in [-0.2, -0.15) is 0 Å². The van der Waals surface area contributed by atoms with E-state index in [0.717, 1.165) is 6.42 Å². The van der Waals surface area contributed by atoms with Gasteiger partial charge in [-0.25, -0.2) is 0 Å². The molecule has 4 heteroatoms. The van der Waals surface area contributed by atoms with Crippen LogP contribution >= 0.6 is 0 Å². The molecule has 2 aromatic rings. The lowest BCUT2D eigenvalue weighted by molar-refractivity contribution is -0.121. The Kier molecular flexibility index (Phi) is 5.64. The van der Waals surface area contributed by atoms with Crippen molar-refractivity contribution in [3.8, 4) is 0 Å². The Bertz CT molecular complexity index is 582. The second-order valence-corrected chi connectivity index (χ2v) is 4.75. The van der Waals surface area contributed by atoms with Crippen LogP contribution in [-0.4, -0.2) is 23.2 Å². The fraction of sp³-hybridized carbons (Fsp3) is 0.235. The lowest BCUT2D eigenvalue weighted by Gasteiger charge is -2.05. The molecule has 0 aliphatic heterocycles. The van der Waals surface area contributed by atoms with E-state index in [4.69, 9.17) is 0 Å². The third-order valence-electron chi connectivity index (χ3n) is 3.14. The number of pyridine rings is 1. The number of benzene rings is 1. The van der Waals surface area contributed by atoms with E-state index in [9.17, 15) is 9.59 Å². The quantitative estimate of drug-likeness (QED) is 0.793. The van der Waals surface area contributed by atoms with Crippen molar-refractivity contribution in [2.24, 2.45) is 0 Å². The van der Waals surface area contributed by atoms with Crippen LogP contribution in [0.5, 0.6) is 0 Å². The molecule has 0 unspecified atom stereocenters. The van der Waals surface area contributed by atoms with Crippen molar-refractivity contribution in [3.63, 3.8) is 0 Å². The second kappa shape index (κ2) is 7.94. The van der Waals surface area contributed by atoms with E-state index in [1.54, 1.807) is 18.3 Å². The van der Waals surface area contributed by atoms with Crippen LogP contribution < -0.4 is 5.32 Å². The van der Waals surface area contributed by atoms with Crippen LogP contribution in [0.4, 0.5) is 0 Å². The number of nitrogens with one attached hydrogen (secondary N) is 1. The molecule has 0 radical (unpaired) electrons. The summed E-state index contributed by atoms with van der Waals surface area (Å²) in [7, 11) is 0. The van der Waals surface area contributed by atoms with Crippen LogP contribution in [0.3, 0.4) is 0 Å². The van der Waals surface area contributed by atoms with Gasteiger partial charge in [-0.3, -0.25) is 14.6 Å². The Morgan fingerprint density at radius 3 is 2.52 bits per heavy atom. The van der Waals surface area contributed by atoms with Crippen LogP contribution in [0.1, 0.15) is 28.8 Å². The fourth-order valence-electron chi connectivity index (χ4n) is 1.98. The number of carbonyl (C=O) groups excluding carboxylic acids is 2. The minimum absolute atomic E-state index is 0.0543. The van der Waals surface area contributed by atoms with Gasteiger partial charge < -0.3 is 5.32 Å². The molecule has 0 atom stereocenters. The lowest BCUT2D eigenvalue weighted by Crippen LogP contribution is -2.26. The first kappa shape index (κ1) is 14.9. The van der Waals surface area contributed by atoms with E-state index < -0.39 is 0 Å². The number of Topliss-reactive ketones (excluding diaryl/α,β-unsaturated/α-hetero) is 1. The maximum Gasteiger partial charge on any atom is 0.220 e. The Morgan fingerprint density at radius 1 is 1.00 bits per heavy atom. The van der Waals surface area contributed by atoms with Gasteiger partial charge in [0.05, 0.1) is 0 Å². The summed E-state index contributed by atoms with van der Waals surface area (Å²) in [5.41, 5.74) is 1.74. The number of hydrogen-bond acceptors (Lipinski definition) is 3. The average molecular weight is 282 g/mol. The predicted octanol–water partition coefficient (Wildman–Crippen LogP) is 2.40. The summed E-state index contributed by atoms with van der Waals surface area (Å²) in [5, 5.41) is 2.83. The van der Waals surface area contributed by atoms with Crippen LogP contribution in [0.2, 0.25) is 0 Å². The second-order valence-electron chi connectivity index (χ2n) is 4.75. The minimum Gasteiger partial charge on any atom is -0.356 e. The topological polar surface area (TPSA) is 59.1 Å². The zero-order chi connectivity index (χ0) is 14.9. The fourth-order valence-corrected chi connectivity index (χ4v) is 1.98. The van der Waals surface area contributed by atoms with Gasteiger partial charge in [0.1, 0.15) is 0 Å². The predicted molar refractivity (Wildman–Crippen MR) is 81.0 cm³/mol. The molecular formula is C17H18N2O2. The smallest absolute Gasteiger partial charge is 0.220 e. The zero-order valence-electron chi connectivity index (χ0n) is 11.8. The highest BCUT2D eigenvalue weighted by Crippen LogP contribution is 2.03. The minimum atomic E-state index is -0.0943. The first-order valence-corrected chi connectivity index (χ1v) is 6.99. The summed E-state index contributed by atoms with van der Waals surface area (Å²) in [6, 6.07) is 13.4. The Morgan fingerprint density at radius 2 is 1.81 bits per heavy atom. The molecule has 1 aromatic carbocycles. The Balaban J connectivity index is 1.67. The van der Waals surface area contributed by atoms with Gasteiger partial charge in [0.25, 0.3) is 0 Å². The molecule has 108 valence electrons. The highest BCUT2D eigenvalue weighted by molar-refractivity contribution is 5.97. The van der Waals surface area contributed by atoms with Gasteiger partial charge in [-0.05, 0) is 24.1 Å². The lowest BCUT2D eigenvalue weighted by atomic mass is 10.1. The van der Waals surface area contributed by atoms with Gasteiger partial charge in [0, 0.05) is 37.3 Å². The van der Waals surface area contributed by atoms with Gasteiger partial charge >= 0.3 is 0 Å². The van der Waals surface area contributed by atoms with E-state index in [1.165, 1.54) is 11.8 Å². The molecular weight excluding hydrogens is 264 g/mol. The van der Waals surface area contributed by atoms with Crippen molar-refractivity contribution in [1.29, 1.82) is 0 Å². The monoisotopic (exact) mass is 282 g/mol. The van der Waals surface area contributed by atoms with Crippen molar-refractivity contribution >= 4 is 11.7 Å². The first-order chi connectivity index (χ1) is 10.3. The molecule has 0 saturated carbocycles. The molecule has 0 saturated heterocycles. The van der Waals surface area contributed by atoms with Crippen molar-refractivity contribution in [1.82, 2.24) is 10.3 Å². The molecule has 4 nitrogen and oxygen atoms in total. The highest BCUT2D eigenvalue weighted by Gasteiger charge is 2.08. The van der Waals surface area contributed by atoms with E-state index in [0.29, 0.717) is 12.1 Å². The number of carbonyl (C=O) groups is 2. The number of hydrogen-bond donors (Lipinski definition) is 1. The molecule has 1 amide bonds. The number of rotatable bonds is 7. The van der Waals surface area contributed by atoms with Crippen molar-refractivity contribution in [2.75, 3.05) is 6.54 Å². The molecule has 0 bridgehead atoms. The van der Waals surface area contributed by atoms with Crippen LogP contribution in [-0.2, 0) is 11.2 Å². The third-order valence-corrected chi connectivity index (χ3v) is 3.14. The van der Waals surface area contributed by atoms with Crippen LogP contribution in [0, 0.1) is 0 Å². The van der Waals surface area contributed by atoms with Crippen LogP contribution in [0.25, 0.3) is 0 Å². The standard InChI is InChI=1S/C17H18N2O2/c20-16(15-7-4-11-18-13-15)8-9-17(21)19-12-10-14-5-2-1-3-6-14/h1-7,11,13H,8-10,12H2,(H,19,21). The summed E-state index contributed by atoms with van der Waals surface area (Å²) < 4.78 is 0. The summed E-state index contributed by atoms with van der Waals surface area (Å²) in [4.78, 5) is 27.4.